The average Bonchev–Trinajstić information content (AvgIpc) is 2.71. The summed E-state index contributed by atoms with van der Waals surface area (Å²) in [7, 11) is 2.01. The summed E-state index contributed by atoms with van der Waals surface area (Å²) in [6.45, 7) is 6.72. The van der Waals surface area contributed by atoms with Gasteiger partial charge in [0.25, 0.3) is 0 Å². The molecule has 1 atom stereocenters. The van der Waals surface area contributed by atoms with Gasteiger partial charge in [-0.1, -0.05) is 20.8 Å². The van der Waals surface area contributed by atoms with Crippen LogP contribution in [-0.4, -0.2) is 27.7 Å². The van der Waals surface area contributed by atoms with E-state index in [-0.39, 0.29) is 5.41 Å². The maximum Gasteiger partial charge on any atom is 0.155 e. The van der Waals surface area contributed by atoms with Gasteiger partial charge in [-0.15, -0.1) is 0 Å². The van der Waals surface area contributed by atoms with Crippen molar-refractivity contribution in [2.45, 2.75) is 33.2 Å². The molecule has 0 saturated heterocycles. The van der Waals surface area contributed by atoms with Crippen LogP contribution in [0.1, 0.15) is 26.5 Å². The lowest BCUT2D eigenvalue weighted by Gasteiger charge is -2.30. The number of aromatic nitrogens is 3. The number of hydrogen-bond acceptors (Lipinski definition) is 3. The van der Waals surface area contributed by atoms with E-state index in [1.54, 1.807) is 10.7 Å². The SMILES string of the molecule is CNC(Cc1ccn2nccc2n1)C(C)(C)C. The molecule has 4 heteroatoms. The molecule has 2 heterocycles. The minimum absolute atomic E-state index is 0.225. The smallest absolute Gasteiger partial charge is 0.155 e. The van der Waals surface area contributed by atoms with Gasteiger partial charge in [-0.05, 0) is 18.5 Å². The fraction of sp³-hybridized carbons (Fsp3) is 0.538. The largest absolute Gasteiger partial charge is 0.316 e. The van der Waals surface area contributed by atoms with E-state index in [0.29, 0.717) is 6.04 Å². The summed E-state index contributed by atoms with van der Waals surface area (Å²) in [5, 5.41) is 7.52. The second-order valence-electron chi connectivity index (χ2n) is 5.46. The van der Waals surface area contributed by atoms with Gasteiger partial charge in [-0.3, -0.25) is 0 Å². The second-order valence-corrected chi connectivity index (χ2v) is 5.46. The van der Waals surface area contributed by atoms with E-state index in [9.17, 15) is 0 Å². The zero-order valence-corrected chi connectivity index (χ0v) is 10.9. The van der Waals surface area contributed by atoms with E-state index in [1.165, 1.54) is 0 Å². The fourth-order valence-corrected chi connectivity index (χ4v) is 2.02. The summed E-state index contributed by atoms with van der Waals surface area (Å²) >= 11 is 0. The minimum Gasteiger partial charge on any atom is -0.316 e. The third-order valence-corrected chi connectivity index (χ3v) is 3.12. The Balaban J connectivity index is 2.22. The number of likely N-dealkylation sites (N-methyl/N-ethyl adjacent to an activating group) is 1. The lowest BCUT2D eigenvalue weighted by Crippen LogP contribution is -2.40. The van der Waals surface area contributed by atoms with Crippen molar-refractivity contribution in [2.24, 2.45) is 5.41 Å². The zero-order chi connectivity index (χ0) is 12.5. The Labute approximate surface area is 102 Å². The van der Waals surface area contributed by atoms with Crippen molar-refractivity contribution in [3.8, 4) is 0 Å². The van der Waals surface area contributed by atoms with Gasteiger partial charge in [0.1, 0.15) is 0 Å². The van der Waals surface area contributed by atoms with Gasteiger partial charge < -0.3 is 5.32 Å². The molecule has 0 spiro atoms. The first-order valence-corrected chi connectivity index (χ1v) is 5.97. The third kappa shape index (κ3) is 2.64. The molecule has 0 bridgehead atoms. The monoisotopic (exact) mass is 232 g/mol. The van der Waals surface area contributed by atoms with Crippen LogP contribution in [0.5, 0.6) is 0 Å². The van der Waals surface area contributed by atoms with Crippen LogP contribution in [0.3, 0.4) is 0 Å². The highest BCUT2D eigenvalue weighted by molar-refractivity contribution is 5.36. The summed E-state index contributed by atoms with van der Waals surface area (Å²) in [6.07, 6.45) is 4.67. The number of rotatable bonds is 3. The number of hydrogen-bond donors (Lipinski definition) is 1. The van der Waals surface area contributed by atoms with Gasteiger partial charge in [0.2, 0.25) is 0 Å². The topological polar surface area (TPSA) is 42.2 Å². The van der Waals surface area contributed by atoms with Gasteiger partial charge in [0.05, 0.1) is 6.20 Å². The first-order chi connectivity index (χ1) is 8.00. The van der Waals surface area contributed by atoms with E-state index in [0.717, 1.165) is 17.8 Å². The molecule has 2 aromatic rings. The molecule has 4 nitrogen and oxygen atoms in total. The van der Waals surface area contributed by atoms with E-state index in [2.05, 4.69) is 36.2 Å². The lowest BCUT2D eigenvalue weighted by molar-refractivity contribution is 0.278. The molecule has 0 aliphatic rings. The Morgan fingerprint density at radius 2 is 2.12 bits per heavy atom. The van der Waals surface area contributed by atoms with Gasteiger partial charge in [0.15, 0.2) is 5.65 Å². The number of nitrogens with zero attached hydrogens (tertiary/aromatic N) is 3. The Kier molecular flexibility index (Phi) is 3.15. The van der Waals surface area contributed by atoms with E-state index in [4.69, 9.17) is 0 Å². The molecule has 0 saturated carbocycles. The van der Waals surface area contributed by atoms with Gasteiger partial charge in [0, 0.05) is 30.4 Å². The molecular formula is C13H20N4. The van der Waals surface area contributed by atoms with E-state index in [1.807, 2.05) is 25.4 Å². The van der Waals surface area contributed by atoms with Crippen molar-refractivity contribution in [3.05, 3.63) is 30.2 Å². The normalized spacial score (nSPS) is 14.1. The average molecular weight is 232 g/mol. The molecule has 92 valence electrons. The second kappa shape index (κ2) is 4.45. The van der Waals surface area contributed by atoms with Crippen molar-refractivity contribution in [3.63, 3.8) is 0 Å². The molecule has 0 amide bonds. The molecular weight excluding hydrogens is 212 g/mol. The van der Waals surface area contributed by atoms with Gasteiger partial charge in [-0.25, -0.2) is 9.50 Å². The molecule has 2 aromatic heterocycles. The summed E-state index contributed by atoms with van der Waals surface area (Å²) in [6, 6.07) is 4.38. The van der Waals surface area contributed by atoms with Crippen LogP contribution in [0, 0.1) is 5.41 Å². The van der Waals surface area contributed by atoms with Crippen LogP contribution in [0.2, 0.25) is 0 Å². The Hall–Kier alpha value is -1.42. The van der Waals surface area contributed by atoms with E-state index >= 15 is 0 Å². The van der Waals surface area contributed by atoms with Crippen LogP contribution < -0.4 is 5.32 Å². The number of fused-ring (bicyclic) bond motifs is 1. The quantitative estimate of drug-likeness (QED) is 0.879. The molecule has 0 radical (unpaired) electrons. The lowest BCUT2D eigenvalue weighted by atomic mass is 9.84. The van der Waals surface area contributed by atoms with Crippen LogP contribution in [0.15, 0.2) is 24.5 Å². The maximum absolute atomic E-state index is 4.60. The molecule has 1 N–H and O–H groups in total. The molecule has 0 aliphatic carbocycles. The highest BCUT2D eigenvalue weighted by Crippen LogP contribution is 2.21. The van der Waals surface area contributed by atoms with Crippen LogP contribution in [0.4, 0.5) is 0 Å². The van der Waals surface area contributed by atoms with Crippen molar-refractivity contribution in [1.82, 2.24) is 19.9 Å². The molecule has 0 aliphatic heterocycles. The Bertz CT molecular complexity index is 495. The van der Waals surface area contributed by atoms with Crippen LogP contribution in [0.25, 0.3) is 5.65 Å². The van der Waals surface area contributed by atoms with Crippen molar-refractivity contribution >= 4 is 5.65 Å². The summed E-state index contributed by atoms with van der Waals surface area (Å²) in [5.41, 5.74) is 2.24. The van der Waals surface area contributed by atoms with Crippen LogP contribution >= 0.6 is 0 Å². The zero-order valence-electron chi connectivity index (χ0n) is 10.9. The number of nitrogens with one attached hydrogen (secondary N) is 1. The first kappa shape index (κ1) is 12.0. The highest BCUT2D eigenvalue weighted by Gasteiger charge is 2.23. The predicted octanol–water partition coefficient (Wildman–Crippen LogP) is 1.91. The van der Waals surface area contributed by atoms with Gasteiger partial charge in [-0.2, -0.15) is 5.10 Å². The standard InChI is InChI=1S/C13H20N4/c1-13(2,3)11(14-4)9-10-6-8-17-12(16-10)5-7-15-17/h5-8,11,14H,9H2,1-4H3. The van der Waals surface area contributed by atoms with Crippen LogP contribution in [-0.2, 0) is 6.42 Å². The Morgan fingerprint density at radius 1 is 1.35 bits per heavy atom. The molecule has 0 fully saturated rings. The summed E-state index contributed by atoms with van der Waals surface area (Å²) < 4.78 is 1.79. The van der Waals surface area contributed by atoms with E-state index < -0.39 is 0 Å². The molecule has 1 unspecified atom stereocenters. The fourth-order valence-electron chi connectivity index (χ4n) is 2.02. The molecule has 2 rings (SSSR count). The molecule has 17 heavy (non-hydrogen) atoms. The first-order valence-electron chi connectivity index (χ1n) is 5.97. The maximum atomic E-state index is 4.60. The van der Waals surface area contributed by atoms with Crippen molar-refractivity contribution in [1.29, 1.82) is 0 Å². The predicted molar refractivity (Wildman–Crippen MR) is 69.0 cm³/mol. The Morgan fingerprint density at radius 3 is 2.76 bits per heavy atom. The third-order valence-electron chi connectivity index (χ3n) is 3.12. The summed E-state index contributed by atoms with van der Waals surface area (Å²) in [4.78, 5) is 4.60. The van der Waals surface area contributed by atoms with Crippen molar-refractivity contribution < 1.29 is 0 Å². The minimum atomic E-state index is 0.225. The van der Waals surface area contributed by atoms with Gasteiger partial charge >= 0.3 is 0 Å². The highest BCUT2D eigenvalue weighted by atomic mass is 15.2. The summed E-state index contributed by atoms with van der Waals surface area (Å²) in [5.74, 6) is 0. The van der Waals surface area contributed by atoms with Crippen molar-refractivity contribution in [2.75, 3.05) is 7.05 Å². The molecule has 0 aromatic carbocycles.